The van der Waals surface area contributed by atoms with Crippen LogP contribution in [0, 0.1) is 0 Å². The molecule has 0 nitrogen and oxygen atoms in total. The Morgan fingerprint density at radius 3 is 2.00 bits per heavy atom. The van der Waals surface area contributed by atoms with Crippen LogP contribution in [0.3, 0.4) is 0 Å². The molecule has 1 atom stereocenters. The number of allylic oxidation sites excluding steroid dienone is 5. The van der Waals surface area contributed by atoms with Gasteiger partial charge in [-0.05, 0) is 18.2 Å². The van der Waals surface area contributed by atoms with E-state index >= 15 is 0 Å². The lowest BCUT2D eigenvalue weighted by atomic mass is 9.90. The molecule has 0 aromatic rings. The predicted molar refractivity (Wildman–Crippen MR) is 72.1 cm³/mol. The molecule has 0 spiro atoms. The second-order valence-corrected chi connectivity index (χ2v) is 5.72. The number of hydrogen-bond donors (Lipinski definition) is 1. The summed E-state index contributed by atoms with van der Waals surface area (Å²) >= 11 is 4.20. The Balaban J connectivity index is 3.57. The standard InChI is InChI=1S/C12H15F4PS/c1-3-12(18,4-2)8-9(14)6(13)5-7(17)10(15)11(8)16/h18H,3-5,17H2,1-2H3. The van der Waals surface area contributed by atoms with Crippen LogP contribution in [0.2, 0.25) is 0 Å². The SMILES string of the molecule is CCC(S)(CC)C1=C(F)C(F)=C(P)CC(F)=C1F. The zero-order valence-electron chi connectivity index (χ0n) is 10.2. The van der Waals surface area contributed by atoms with Crippen LogP contribution in [-0.2, 0) is 0 Å². The van der Waals surface area contributed by atoms with Crippen molar-refractivity contribution in [3.05, 3.63) is 34.2 Å². The summed E-state index contributed by atoms with van der Waals surface area (Å²) in [6.07, 6.45) is -0.0678. The van der Waals surface area contributed by atoms with E-state index in [1.807, 2.05) is 9.24 Å². The molecule has 1 rings (SSSR count). The summed E-state index contributed by atoms with van der Waals surface area (Å²) in [6.45, 7) is 3.33. The third kappa shape index (κ3) is 2.67. The van der Waals surface area contributed by atoms with Crippen LogP contribution in [0.4, 0.5) is 17.6 Å². The molecule has 0 amide bonds. The minimum absolute atomic E-state index is 0.238. The third-order valence-corrected chi connectivity index (χ3v) is 4.45. The Morgan fingerprint density at radius 1 is 1.06 bits per heavy atom. The van der Waals surface area contributed by atoms with Crippen LogP contribution < -0.4 is 0 Å². The summed E-state index contributed by atoms with van der Waals surface area (Å²) in [5, 5.41) is -0.238. The molecule has 0 heterocycles. The molecule has 6 heteroatoms. The number of halogens is 4. The molecule has 1 unspecified atom stereocenters. The van der Waals surface area contributed by atoms with Gasteiger partial charge in [0.25, 0.3) is 0 Å². The first-order chi connectivity index (χ1) is 8.28. The second kappa shape index (κ2) is 5.79. The smallest absolute Gasteiger partial charge is 0.166 e. The summed E-state index contributed by atoms with van der Waals surface area (Å²) < 4.78 is 53.9. The van der Waals surface area contributed by atoms with E-state index in [0.717, 1.165) is 0 Å². The van der Waals surface area contributed by atoms with Gasteiger partial charge in [0.15, 0.2) is 17.5 Å². The molecule has 0 radical (unpaired) electrons. The first kappa shape index (κ1) is 15.8. The van der Waals surface area contributed by atoms with Gasteiger partial charge in [0, 0.05) is 16.7 Å². The van der Waals surface area contributed by atoms with Crippen molar-refractivity contribution in [2.75, 3.05) is 0 Å². The van der Waals surface area contributed by atoms with Crippen molar-refractivity contribution < 1.29 is 17.6 Å². The maximum Gasteiger partial charge on any atom is 0.166 e. The molecular weight excluding hydrogens is 283 g/mol. The van der Waals surface area contributed by atoms with Crippen molar-refractivity contribution in [2.45, 2.75) is 37.9 Å². The Morgan fingerprint density at radius 2 is 1.56 bits per heavy atom. The van der Waals surface area contributed by atoms with E-state index in [4.69, 9.17) is 0 Å². The molecule has 18 heavy (non-hydrogen) atoms. The number of rotatable bonds is 3. The quantitative estimate of drug-likeness (QED) is 0.407. The lowest BCUT2D eigenvalue weighted by Crippen LogP contribution is -2.24. The monoisotopic (exact) mass is 298 g/mol. The van der Waals surface area contributed by atoms with Gasteiger partial charge < -0.3 is 0 Å². The van der Waals surface area contributed by atoms with E-state index in [2.05, 4.69) is 12.6 Å². The van der Waals surface area contributed by atoms with Gasteiger partial charge >= 0.3 is 0 Å². The molecule has 0 N–H and O–H groups in total. The highest BCUT2D eigenvalue weighted by Gasteiger charge is 2.37. The second-order valence-electron chi connectivity index (χ2n) is 4.16. The molecule has 0 aromatic carbocycles. The summed E-state index contributed by atoms with van der Waals surface area (Å²) in [6, 6.07) is 0. The van der Waals surface area contributed by atoms with Gasteiger partial charge in [-0.25, -0.2) is 17.6 Å². The zero-order chi connectivity index (χ0) is 14.1. The first-order valence-electron chi connectivity index (χ1n) is 5.60. The van der Waals surface area contributed by atoms with E-state index in [1.54, 1.807) is 13.8 Å². The molecule has 0 aliphatic heterocycles. The molecule has 0 saturated heterocycles. The summed E-state index contributed by atoms with van der Waals surface area (Å²) in [5.41, 5.74) is -0.622. The molecule has 0 aromatic heterocycles. The maximum atomic E-state index is 14.0. The van der Waals surface area contributed by atoms with Gasteiger partial charge in [-0.15, -0.1) is 9.24 Å². The topological polar surface area (TPSA) is 0 Å². The van der Waals surface area contributed by atoms with E-state index < -0.39 is 40.0 Å². The van der Waals surface area contributed by atoms with Crippen LogP contribution in [0.25, 0.3) is 0 Å². The highest BCUT2D eigenvalue weighted by molar-refractivity contribution is 7.82. The van der Waals surface area contributed by atoms with Crippen molar-refractivity contribution in [2.24, 2.45) is 0 Å². The summed E-state index contributed by atoms with van der Waals surface area (Å²) in [5.74, 6) is -5.08. The van der Waals surface area contributed by atoms with Crippen molar-refractivity contribution in [3.63, 3.8) is 0 Å². The predicted octanol–water partition coefficient (Wildman–Crippen LogP) is 5.31. The van der Waals surface area contributed by atoms with Gasteiger partial charge in [0.1, 0.15) is 5.83 Å². The van der Waals surface area contributed by atoms with Crippen molar-refractivity contribution >= 4 is 21.9 Å². The minimum Gasteiger partial charge on any atom is -0.208 e. The molecule has 0 bridgehead atoms. The lowest BCUT2D eigenvalue weighted by Gasteiger charge is -2.28. The van der Waals surface area contributed by atoms with Crippen LogP contribution in [-0.4, -0.2) is 4.75 Å². The molecule has 1 aliphatic rings. The van der Waals surface area contributed by atoms with Crippen molar-refractivity contribution in [1.82, 2.24) is 0 Å². The Hall–Kier alpha value is -0.280. The average Bonchev–Trinajstić information content (AvgIpc) is 2.42. The van der Waals surface area contributed by atoms with Crippen LogP contribution >= 0.6 is 21.9 Å². The summed E-state index contributed by atoms with van der Waals surface area (Å²) in [4.78, 5) is 0. The third-order valence-electron chi connectivity index (χ3n) is 3.13. The summed E-state index contributed by atoms with van der Waals surface area (Å²) in [7, 11) is 1.89. The average molecular weight is 298 g/mol. The lowest BCUT2D eigenvalue weighted by molar-refractivity contribution is 0.482. The van der Waals surface area contributed by atoms with Gasteiger partial charge in [0.05, 0.1) is 0 Å². The number of thiol groups is 1. The largest absolute Gasteiger partial charge is 0.208 e. The highest BCUT2D eigenvalue weighted by Crippen LogP contribution is 2.46. The highest BCUT2D eigenvalue weighted by atomic mass is 32.1. The molecule has 0 fully saturated rings. The molecule has 102 valence electrons. The van der Waals surface area contributed by atoms with E-state index in [-0.39, 0.29) is 18.2 Å². The first-order valence-corrected chi connectivity index (χ1v) is 6.62. The minimum atomic E-state index is -1.36. The van der Waals surface area contributed by atoms with Gasteiger partial charge in [0.2, 0.25) is 0 Å². The Kier molecular flexibility index (Phi) is 5.07. The number of hydrogen-bond acceptors (Lipinski definition) is 1. The van der Waals surface area contributed by atoms with E-state index in [1.165, 1.54) is 0 Å². The molecular formula is C12H15F4PS. The Bertz CT molecular complexity index is 447. The van der Waals surface area contributed by atoms with Crippen LogP contribution in [0.15, 0.2) is 34.2 Å². The van der Waals surface area contributed by atoms with E-state index in [9.17, 15) is 17.6 Å². The fourth-order valence-corrected chi connectivity index (χ4v) is 2.32. The van der Waals surface area contributed by atoms with E-state index in [0.29, 0.717) is 0 Å². The fraction of sp³-hybridized carbons (Fsp3) is 0.500. The van der Waals surface area contributed by atoms with Crippen molar-refractivity contribution in [3.8, 4) is 0 Å². The maximum absolute atomic E-state index is 14.0. The normalized spacial score (nSPS) is 18.7. The van der Waals surface area contributed by atoms with Crippen LogP contribution in [0.5, 0.6) is 0 Å². The van der Waals surface area contributed by atoms with Gasteiger partial charge in [-0.1, -0.05) is 13.8 Å². The molecule has 1 aliphatic carbocycles. The van der Waals surface area contributed by atoms with Gasteiger partial charge in [-0.2, -0.15) is 12.6 Å². The Labute approximate surface area is 112 Å². The fourth-order valence-electron chi connectivity index (χ4n) is 1.82. The zero-order valence-corrected chi connectivity index (χ0v) is 12.2. The van der Waals surface area contributed by atoms with Crippen LogP contribution in [0.1, 0.15) is 33.1 Å². The van der Waals surface area contributed by atoms with Gasteiger partial charge in [-0.3, -0.25) is 0 Å². The van der Waals surface area contributed by atoms with Crippen molar-refractivity contribution in [1.29, 1.82) is 0 Å². The molecule has 0 saturated carbocycles.